The third-order valence-electron chi connectivity index (χ3n) is 5.23. The summed E-state index contributed by atoms with van der Waals surface area (Å²) in [6, 6.07) is 20.0. The number of rotatable bonds is 9. The number of fused-ring (bicyclic) bond motifs is 1. The highest BCUT2D eigenvalue weighted by molar-refractivity contribution is 5.97. The van der Waals surface area contributed by atoms with Crippen molar-refractivity contribution in [1.82, 2.24) is 0 Å². The molecule has 0 unspecified atom stereocenters. The van der Waals surface area contributed by atoms with Gasteiger partial charge in [0, 0.05) is 0 Å². The molecule has 2 aromatic rings. The van der Waals surface area contributed by atoms with E-state index in [1.807, 2.05) is 0 Å². The van der Waals surface area contributed by atoms with Crippen molar-refractivity contribution >= 4 is 11.1 Å². The number of unbranched alkanes of at least 4 members (excludes halogenated alkanes) is 6. The lowest BCUT2D eigenvalue weighted by Gasteiger charge is -2.09. The predicted molar refractivity (Wildman–Crippen MR) is 106 cm³/mol. The minimum atomic E-state index is 1.10. The monoisotopic (exact) mass is 318 g/mol. The molecule has 0 nitrogen and oxygen atoms in total. The zero-order valence-electron chi connectivity index (χ0n) is 15.1. The van der Waals surface area contributed by atoms with E-state index in [0.717, 1.165) is 6.42 Å². The molecule has 0 fully saturated rings. The molecule has 0 amide bonds. The van der Waals surface area contributed by atoms with Gasteiger partial charge in [-0.2, -0.15) is 0 Å². The van der Waals surface area contributed by atoms with Crippen molar-refractivity contribution in [3.63, 3.8) is 0 Å². The fraction of sp³-hybridized carbons (Fsp3) is 0.417. The summed E-state index contributed by atoms with van der Waals surface area (Å²) < 4.78 is 0. The summed E-state index contributed by atoms with van der Waals surface area (Å²) in [7, 11) is 0. The summed E-state index contributed by atoms with van der Waals surface area (Å²) in [4.78, 5) is 0. The average molecular weight is 319 g/mol. The lowest BCUT2D eigenvalue weighted by atomic mass is 9.95. The van der Waals surface area contributed by atoms with E-state index in [4.69, 9.17) is 0 Å². The fourth-order valence-electron chi connectivity index (χ4n) is 3.89. The Bertz CT molecular complexity index is 663. The van der Waals surface area contributed by atoms with E-state index < -0.39 is 0 Å². The standard InChI is InChI=1S/C24H30/c1-2-3-4-5-6-7-11-18-23-22-17-13-12-16-21(22)19-24(23)20-14-9-8-10-15-20/h8-10,12-17H,2-7,11,18-19H2,1H3. The van der Waals surface area contributed by atoms with Crippen molar-refractivity contribution in [2.24, 2.45) is 0 Å². The third-order valence-corrected chi connectivity index (χ3v) is 5.23. The maximum atomic E-state index is 2.32. The van der Waals surface area contributed by atoms with Gasteiger partial charge in [0.2, 0.25) is 0 Å². The van der Waals surface area contributed by atoms with Crippen LogP contribution < -0.4 is 0 Å². The van der Waals surface area contributed by atoms with Gasteiger partial charge in [-0.05, 0) is 47.1 Å². The first-order valence-electron chi connectivity index (χ1n) is 9.76. The van der Waals surface area contributed by atoms with Gasteiger partial charge in [-0.25, -0.2) is 0 Å². The largest absolute Gasteiger partial charge is 0.0654 e. The Morgan fingerprint density at radius 1 is 0.708 bits per heavy atom. The summed E-state index contributed by atoms with van der Waals surface area (Å²) in [5, 5.41) is 0. The minimum absolute atomic E-state index is 1.10. The lowest BCUT2D eigenvalue weighted by molar-refractivity contribution is 0.594. The van der Waals surface area contributed by atoms with E-state index in [1.54, 1.807) is 11.1 Å². The van der Waals surface area contributed by atoms with Crippen molar-refractivity contribution in [3.05, 3.63) is 71.3 Å². The first-order valence-corrected chi connectivity index (χ1v) is 9.76. The lowest BCUT2D eigenvalue weighted by Crippen LogP contribution is -1.88. The molecule has 0 spiro atoms. The molecule has 0 saturated carbocycles. The van der Waals surface area contributed by atoms with Gasteiger partial charge in [0.05, 0.1) is 0 Å². The van der Waals surface area contributed by atoms with E-state index in [0.29, 0.717) is 0 Å². The first kappa shape index (κ1) is 17.0. The van der Waals surface area contributed by atoms with Crippen molar-refractivity contribution in [2.45, 2.75) is 64.7 Å². The van der Waals surface area contributed by atoms with E-state index in [1.165, 1.54) is 68.1 Å². The van der Waals surface area contributed by atoms with Gasteiger partial charge >= 0.3 is 0 Å². The number of allylic oxidation sites excluding steroid dienone is 2. The number of hydrogen-bond donors (Lipinski definition) is 0. The molecule has 0 saturated heterocycles. The molecular weight excluding hydrogens is 288 g/mol. The zero-order valence-corrected chi connectivity index (χ0v) is 15.1. The second-order valence-corrected chi connectivity index (χ2v) is 7.03. The Hall–Kier alpha value is -1.82. The Morgan fingerprint density at radius 3 is 2.17 bits per heavy atom. The Labute approximate surface area is 147 Å². The van der Waals surface area contributed by atoms with Gasteiger partial charge < -0.3 is 0 Å². The molecule has 24 heavy (non-hydrogen) atoms. The molecule has 126 valence electrons. The predicted octanol–water partition coefficient (Wildman–Crippen LogP) is 7.29. The smallest absolute Gasteiger partial charge is 0.00108 e. The SMILES string of the molecule is CCCCCCCCCC1=C(c2ccccc2)Cc2ccccc21. The van der Waals surface area contributed by atoms with Crippen LogP contribution in [0.4, 0.5) is 0 Å². The van der Waals surface area contributed by atoms with Gasteiger partial charge in [-0.3, -0.25) is 0 Å². The van der Waals surface area contributed by atoms with Crippen LogP contribution in [0, 0.1) is 0 Å². The molecule has 0 bridgehead atoms. The molecule has 3 rings (SSSR count). The van der Waals surface area contributed by atoms with Crippen molar-refractivity contribution in [1.29, 1.82) is 0 Å². The van der Waals surface area contributed by atoms with Crippen LogP contribution in [0.25, 0.3) is 11.1 Å². The van der Waals surface area contributed by atoms with Crippen LogP contribution in [0.5, 0.6) is 0 Å². The highest BCUT2D eigenvalue weighted by atomic mass is 14.3. The summed E-state index contributed by atoms with van der Waals surface area (Å²) in [5.41, 5.74) is 7.58. The maximum Gasteiger partial charge on any atom is -0.00108 e. The van der Waals surface area contributed by atoms with Crippen LogP contribution in [0.1, 0.15) is 75.0 Å². The molecule has 0 atom stereocenters. The van der Waals surface area contributed by atoms with Crippen LogP contribution >= 0.6 is 0 Å². The van der Waals surface area contributed by atoms with Gasteiger partial charge in [0.1, 0.15) is 0 Å². The number of benzene rings is 2. The van der Waals surface area contributed by atoms with Crippen molar-refractivity contribution < 1.29 is 0 Å². The van der Waals surface area contributed by atoms with Crippen LogP contribution in [0.2, 0.25) is 0 Å². The molecule has 1 aliphatic rings. The van der Waals surface area contributed by atoms with E-state index in [2.05, 4.69) is 61.5 Å². The quantitative estimate of drug-likeness (QED) is 0.426. The van der Waals surface area contributed by atoms with Crippen molar-refractivity contribution in [3.8, 4) is 0 Å². The molecule has 1 aliphatic carbocycles. The van der Waals surface area contributed by atoms with E-state index in [9.17, 15) is 0 Å². The summed E-state index contributed by atoms with van der Waals surface area (Å²) in [6.07, 6.45) is 12.0. The van der Waals surface area contributed by atoms with Crippen LogP contribution in [-0.2, 0) is 6.42 Å². The van der Waals surface area contributed by atoms with Crippen LogP contribution in [0.3, 0.4) is 0 Å². The Morgan fingerprint density at radius 2 is 1.38 bits per heavy atom. The zero-order chi connectivity index (χ0) is 16.6. The fourth-order valence-corrected chi connectivity index (χ4v) is 3.89. The second kappa shape index (κ2) is 8.87. The molecule has 0 heterocycles. The highest BCUT2D eigenvalue weighted by Gasteiger charge is 2.21. The molecule has 0 aromatic heterocycles. The van der Waals surface area contributed by atoms with Gasteiger partial charge in [-0.1, -0.05) is 100 Å². The number of hydrogen-bond acceptors (Lipinski definition) is 0. The molecule has 0 aliphatic heterocycles. The summed E-state index contributed by atoms with van der Waals surface area (Å²) in [5.74, 6) is 0. The summed E-state index contributed by atoms with van der Waals surface area (Å²) in [6.45, 7) is 2.29. The molecule has 0 heteroatoms. The van der Waals surface area contributed by atoms with E-state index in [-0.39, 0.29) is 0 Å². The Kier molecular flexibility index (Phi) is 6.29. The Balaban J connectivity index is 1.66. The van der Waals surface area contributed by atoms with Crippen LogP contribution in [-0.4, -0.2) is 0 Å². The third kappa shape index (κ3) is 4.17. The minimum Gasteiger partial charge on any atom is -0.0654 e. The van der Waals surface area contributed by atoms with Gasteiger partial charge in [0.15, 0.2) is 0 Å². The summed E-state index contributed by atoms with van der Waals surface area (Å²) >= 11 is 0. The van der Waals surface area contributed by atoms with E-state index >= 15 is 0 Å². The van der Waals surface area contributed by atoms with Gasteiger partial charge in [0.25, 0.3) is 0 Å². The normalized spacial score (nSPS) is 13.4. The second-order valence-electron chi connectivity index (χ2n) is 7.03. The molecule has 2 aromatic carbocycles. The molecule has 0 N–H and O–H groups in total. The maximum absolute atomic E-state index is 2.32. The van der Waals surface area contributed by atoms with Gasteiger partial charge in [-0.15, -0.1) is 0 Å². The first-order chi connectivity index (χ1) is 11.9. The van der Waals surface area contributed by atoms with Crippen molar-refractivity contribution in [2.75, 3.05) is 0 Å². The average Bonchev–Trinajstić information content (AvgIpc) is 3.00. The topological polar surface area (TPSA) is 0 Å². The highest BCUT2D eigenvalue weighted by Crippen LogP contribution is 2.40. The van der Waals surface area contributed by atoms with Crippen LogP contribution in [0.15, 0.2) is 54.6 Å². The molecule has 0 radical (unpaired) electrons. The molecular formula is C24H30.